The molecule has 1 saturated heterocycles. The first-order chi connectivity index (χ1) is 9.65. The molecular formula is C15H23N3OS. The van der Waals surface area contributed by atoms with Crippen LogP contribution in [0.25, 0.3) is 0 Å². The van der Waals surface area contributed by atoms with Crippen LogP contribution in [0.15, 0.2) is 11.2 Å². The van der Waals surface area contributed by atoms with Gasteiger partial charge in [-0.25, -0.2) is 9.97 Å². The monoisotopic (exact) mass is 293 g/mol. The molecule has 0 aromatic carbocycles. The van der Waals surface area contributed by atoms with Crippen molar-refractivity contribution in [3.05, 3.63) is 17.5 Å². The summed E-state index contributed by atoms with van der Waals surface area (Å²) in [5.74, 6) is 0.0619. The lowest BCUT2D eigenvalue weighted by molar-refractivity contribution is 0.0690. The number of rotatable bonds is 3. The van der Waals surface area contributed by atoms with E-state index >= 15 is 0 Å². The molecule has 0 N–H and O–H groups in total. The van der Waals surface area contributed by atoms with E-state index in [1.54, 1.807) is 0 Å². The zero-order valence-corrected chi connectivity index (χ0v) is 13.4. The maximum absolute atomic E-state index is 12.7. The number of thioether (sulfide) groups is 1. The Hall–Kier alpha value is -1.10. The predicted molar refractivity (Wildman–Crippen MR) is 82.2 cm³/mol. The number of carbonyl (C=O) groups excluding carboxylic acids is 1. The molecule has 110 valence electrons. The second kappa shape index (κ2) is 7.07. The van der Waals surface area contributed by atoms with Crippen molar-refractivity contribution in [3.8, 4) is 0 Å². The van der Waals surface area contributed by atoms with Crippen LogP contribution in [0.3, 0.4) is 0 Å². The molecule has 4 nitrogen and oxygen atoms in total. The molecule has 1 amide bonds. The van der Waals surface area contributed by atoms with Gasteiger partial charge in [-0.05, 0) is 38.5 Å². The number of aryl methyl sites for hydroxylation is 1. The van der Waals surface area contributed by atoms with Crippen molar-refractivity contribution in [3.63, 3.8) is 0 Å². The maximum atomic E-state index is 12.7. The van der Waals surface area contributed by atoms with Gasteiger partial charge in [0.15, 0.2) is 5.16 Å². The van der Waals surface area contributed by atoms with E-state index < -0.39 is 0 Å². The molecule has 1 fully saturated rings. The summed E-state index contributed by atoms with van der Waals surface area (Å²) in [7, 11) is 0. The third-order valence-electron chi connectivity index (χ3n) is 3.84. The lowest BCUT2D eigenvalue weighted by atomic mass is 10.1. The van der Waals surface area contributed by atoms with Gasteiger partial charge < -0.3 is 4.90 Å². The summed E-state index contributed by atoms with van der Waals surface area (Å²) in [6.45, 7) is 5.04. The smallest absolute Gasteiger partial charge is 0.272 e. The van der Waals surface area contributed by atoms with E-state index in [4.69, 9.17) is 0 Å². The Morgan fingerprint density at radius 3 is 2.90 bits per heavy atom. The Morgan fingerprint density at radius 1 is 1.40 bits per heavy atom. The molecule has 0 spiro atoms. The van der Waals surface area contributed by atoms with Gasteiger partial charge in [-0.15, -0.1) is 0 Å². The number of nitrogens with zero attached hydrogens (tertiary/aromatic N) is 3. The summed E-state index contributed by atoms with van der Waals surface area (Å²) >= 11 is 1.49. The van der Waals surface area contributed by atoms with Gasteiger partial charge in [0, 0.05) is 18.3 Å². The zero-order chi connectivity index (χ0) is 14.5. The number of hydrogen-bond donors (Lipinski definition) is 0. The van der Waals surface area contributed by atoms with E-state index in [0.717, 1.165) is 31.5 Å². The zero-order valence-electron chi connectivity index (χ0n) is 12.6. The van der Waals surface area contributed by atoms with Gasteiger partial charge in [0.1, 0.15) is 5.69 Å². The molecule has 0 bridgehead atoms. The highest BCUT2D eigenvalue weighted by Crippen LogP contribution is 2.20. The Labute approximate surface area is 125 Å². The first kappa shape index (κ1) is 15.3. The minimum atomic E-state index is 0.0619. The van der Waals surface area contributed by atoms with Crippen LogP contribution < -0.4 is 0 Å². The quantitative estimate of drug-likeness (QED) is 0.634. The van der Waals surface area contributed by atoms with Crippen LogP contribution in [0.1, 0.15) is 55.7 Å². The molecule has 2 heterocycles. The fourth-order valence-electron chi connectivity index (χ4n) is 2.58. The van der Waals surface area contributed by atoms with Crippen molar-refractivity contribution < 1.29 is 4.79 Å². The predicted octanol–water partition coefficient (Wildman–Crippen LogP) is 3.17. The van der Waals surface area contributed by atoms with Crippen molar-refractivity contribution in [1.82, 2.24) is 14.9 Å². The summed E-state index contributed by atoms with van der Waals surface area (Å²) in [4.78, 5) is 23.5. The van der Waals surface area contributed by atoms with Crippen LogP contribution in [0, 0.1) is 0 Å². The molecule has 1 unspecified atom stereocenters. The molecule has 1 atom stereocenters. The van der Waals surface area contributed by atoms with Crippen LogP contribution in [0.4, 0.5) is 0 Å². The van der Waals surface area contributed by atoms with Crippen molar-refractivity contribution in [2.45, 2.75) is 57.1 Å². The molecule has 1 aliphatic rings. The van der Waals surface area contributed by atoms with E-state index in [2.05, 4.69) is 23.8 Å². The summed E-state index contributed by atoms with van der Waals surface area (Å²) in [6.07, 6.45) is 7.38. The molecule has 5 heteroatoms. The molecule has 1 aliphatic heterocycles. The SMILES string of the molecule is CCc1cc(C(=O)N2CCCCCC2C)nc(SC)n1. The summed E-state index contributed by atoms with van der Waals surface area (Å²) < 4.78 is 0. The highest BCUT2D eigenvalue weighted by Gasteiger charge is 2.24. The van der Waals surface area contributed by atoms with Crippen molar-refractivity contribution >= 4 is 17.7 Å². The van der Waals surface area contributed by atoms with E-state index in [1.807, 2.05) is 17.2 Å². The second-order valence-corrected chi connectivity index (χ2v) is 6.06. The van der Waals surface area contributed by atoms with Crippen LogP contribution in [0.5, 0.6) is 0 Å². The second-order valence-electron chi connectivity index (χ2n) is 5.28. The first-order valence-corrected chi connectivity index (χ1v) is 8.61. The van der Waals surface area contributed by atoms with E-state index in [9.17, 15) is 4.79 Å². The summed E-state index contributed by atoms with van der Waals surface area (Å²) in [5.41, 5.74) is 1.49. The highest BCUT2D eigenvalue weighted by molar-refractivity contribution is 7.98. The standard InChI is InChI=1S/C15H23N3OS/c1-4-12-10-13(17-15(16-12)20-3)14(19)18-9-7-5-6-8-11(18)2/h10-11H,4-9H2,1-3H3. The third-order valence-corrected chi connectivity index (χ3v) is 4.38. The number of hydrogen-bond acceptors (Lipinski definition) is 4. The highest BCUT2D eigenvalue weighted by atomic mass is 32.2. The van der Waals surface area contributed by atoms with Crippen LogP contribution >= 0.6 is 11.8 Å². The van der Waals surface area contributed by atoms with Gasteiger partial charge in [-0.1, -0.05) is 31.5 Å². The number of amides is 1. The van der Waals surface area contributed by atoms with E-state index in [0.29, 0.717) is 16.9 Å². The molecule has 0 aliphatic carbocycles. The van der Waals surface area contributed by atoms with Crippen molar-refractivity contribution in [2.75, 3.05) is 12.8 Å². The topological polar surface area (TPSA) is 46.1 Å². The van der Waals surface area contributed by atoms with Crippen molar-refractivity contribution in [2.24, 2.45) is 0 Å². The van der Waals surface area contributed by atoms with Gasteiger partial charge in [0.05, 0.1) is 0 Å². The Balaban J connectivity index is 2.26. The molecule has 1 aromatic heterocycles. The average Bonchev–Trinajstić information content (AvgIpc) is 2.70. The van der Waals surface area contributed by atoms with E-state index in [-0.39, 0.29) is 5.91 Å². The van der Waals surface area contributed by atoms with Gasteiger partial charge in [-0.3, -0.25) is 4.79 Å². The van der Waals surface area contributed by atoms with Gasteiger partial charge >= 0.3 is 0 Å². The van der Waals surface area contributed by atoms with Crippen LogP contribution in [0.2, 0.25) is 0 Å². The first-order valence-electron chi connectivity index (χ1n) is 7.38. The van der Waals surface area contributed by atoms with Gasteiger partial charge in [0.25, 0.3) is 5.91 Å². The number of likely N-dealkylation sites (tertiary alicyclic amines) is 1. The molecule has 0 saturated carbocycles. The number of carbonyl (C=O) groups is 1. The Morgan fingerprint density at radius 2 is 2.20 bits per heavy atom. The maximum Gasteiger partial charge on any atom is 0.272 e. The lowest BCUT2D eigenvalue weighted by Crippen LogP contribution is -2.38. The fraction of sp³-hybridized carbons (Fsp3) is 0.667. The third kappa shape index (κ3) is 3.51. The normalized spacial score (nSPS) is 19.8. The van der Waals surface area contributed by atoms with Crippen LogP contribution in [-0.4, -0.2) is 39.6 Å². The minimum absolute atomic E-state index is 0.0619. The lowest BCUT2D eigenvalue weighted by Gasteiger charge is -2.27. The van der Waals surface area contributed by atoms with E-state index in [1.165, 1.54) is 24.6 Å². The Bertz CT molecular complexity index is 456. The largest absolute Gasteiger partial charge is 0.335 e. The average molecular weight is 293 g/mol. The molecule has 1 aromatic rings. The molecular weight excluding hydrogens is 270 g/mol. The van der Waals surface area contributed by atoms with Gasteiger partial charge in [0.2, 0.25) is 0 Å². The summed E-state index contributed by atoms with van der Waals surface area (Å²) in [5, 5.41) is 0.690. The Kier molecular flexibility index (Phi) is 5.40. The fourth-order valence-corrected chi connectivity index (χ4v) is 2.98. The number of aromatic nitrogens is 2. The minimum Gasteiger partial charge on any atom is -0.335 e. The molecule has 20 heavy (non-hydrogen) atoms. The van der Waals surface area contributed by atoms with Gasteiger partial charge in [-0.2, -0.15) is 0 Å². The van der Waals surface area contributed by atoms with Crippen molar-refractivity contribution in [1.29, 1.82) is 0 Å². The molecule has 2 rings (SSSR count). The summed E-state index contributed by atoms with van der Waals surface area (Å²) in [6, 6.07) is 2.16. The molecule has 0 radical (unpaired) electrons. The van der Waals surface area contributed by atoms with Crippen LogP contribution in [-0.2, 0) is 6.42 Å².